The Bertz CT molecular complexity index is 683. The van der Waals surface area contributed by atoms with Crippen molar-refractivity contribution in [3.8, 4) is 0 Å². The Labute approximate surface area is 169 Å². The first-order valence-corrected chi connectivity index (χ1v) is 9.89. The lowest BCUT2D eigenvalue weighted by Gasteiger charge is -2.54. The van der Waals surface area contributed by atoms with E-state index in [1.165, 1.54) is 0 Å². The van der Waals surface area contributed by atoms with E-state index in [9.17, 15) is 9.59 Å². The molecule has 3 fully saturated rings. The fourth-order valence-electron chi connectivity index (χ4n) is 4.85. The van der Waals surface area contributed by atoms with E-state index >= 15 is 0 Å². The van der Waals surface area contributed by atoms with Crippen molar-refractivity contribution in [2.45, 2.75) is 50.6 Å². The van der Waals surface area contributed by atoms with Gasteiger partial charge in [0.1, 0.15) is 5.76 Å². The van der Waals surface area contributed by atoms with Crippen LogP contribution in [0, 0.1) is 11.8 Å². The number of carbonyl (C=O) groups excluding carboxylic acids is 2. The lowest BCUT2D eigenvalue weighted by Crippen LogP contribution is -2.66. The van der Waals surface area contributed by atoms with Gasteiger partial charge >= 0.3 is 0 Å². The van der Waals surface area contributed by atoms with Crippen LogP contribution in [0.5, 0.6) is 0 Å². The molecule has 0 spiro atoms. The molecule has 9 heteroatoms. The van der Waals surface area contributed by atoms with Gasteiger partial charge in [-0.3, -0.25) is 9.59 Å². The zero-order valence-electron chi connectivity index (χ0n) is 15.2. The molecule has 1 aromatic heterocycles. The van der Waals surface area contributed by atoms with Crippen LogP contribution in [0.3, 0.4) is 0 Å². The Morgan fingerprint density at radius 3 is 3.00 bits per heavy atom. The standard InChI is InChI=1S/C18H25ClN4O3.ClH/c19-16-7-13(26-22-16)4-5-17(24)21-10-15-12-6-11(8-20-9-12)14-2-1-3-18(25)23(14)15;/h7,11-12,14-15,20H,1-6,8-10H2,(H,21,24);1H/t11-,12+,14+,15+;/m1./s1. The largest absolute Gasteiger partial charge is 0.360 e. The van der Waals surface area contributed by atoms with Crippen LogP contribution >= 0.6 is 24.0 Å². The van der Waals surface area contributed by atoms with Crippen molar-refractivity contribution in [1.82, 2.24) is 20.7 Å². The minimum Gasteiger partial charge on any atom is -0.360 e. The number of carbonyl (C=O) groups is 2. The highest BCUT2D eigenvalue weighted by atomic mass is 35.5. The number of rotatable bonds is 5. The van der Waals surface area contributed by atoms with Gasteiger partial charge in [0.15, 0.2) is 5.15 Å². The Morgan fingerprint density at radius 1 is 1.41 bits per heavy atom. The molecular weight excluding hydrogens is 391 g/mol. The van der Waals surface area contributed by atoms with Crippen molar-refractivity contribution in [2.24, 2.45) is 11.8 Å². The van der Waals surface area contributed by atoms with Gasteiger partial charge in [-0.2, -0.15) is 0 Å². The van der Waals surface area contributed by atoms with Gasteiger partial charge in [-0.15, -0.1) is 12.4 Å². The summed E-state index contributed by atoms with van der Waals surface area (Å²) < 4.78 is 5.02. The summed E-state index contributed by atoms with van der Waals surface area (Å²) in [6.07, 6.45) is 4.65. The molecule has 0 saturated carbocycles. The third-order valence-electron chi connectivity index (χ3n) is 6.04. The second kappa shape index (κ2) is 8.80. The summed E-state index contributed by atoms with van der Waals surface area (Å²) in [5.41, 5.74) is 0. The van der Waals surface area contributed by atoms with E-state index in [4.69, 9.17) is 16.1 Å². The highest BCUT2D eigenvalue weighted by Gasteiger charge is 2.47. The molecule has 150 valence electrons. The van der Waals surface area contributed by atoms with Crippen molar-refractivity contribution in [3.63, 3.8) is 0 Å². The van der Waals surface area contributed by atoms with Crippen LogP contribution in [0.25, 0.3) is 0 Å². The number of nitrogens with zero attached hydrogens (tertiary/aromatic N) is 2. The number of aryl methyl sites for hydroxylation is 1. The molecule has 2 amide bonds. The zero-order valence-corrected chi connectivity index (χ0v) is 16.7. The molecule has 0 aliphatic carbocycles. The van der Waals surface area contributed by atoms with Crippen molar-refractivity contribution in [1.29, 1.82) is 0 Å². The highest BCUT2D eigenvalue weighted by molar-refractivity contribution is 6.29. The summed E-state index contributed by atoms with van der Waals surface area (Å²) in [7, 11) is 0. The molecule has 3 aliphatic rings. The number of aromatic nitrogens is 1. The molecule has 2 bridgehead atoms. The number of hydrogen-bond acceptors (Lipinski definition) is 5. The number of nitrogens with one attached hydrogen (secondary N) is 2. The molecule has 27 heavy (non-hydrogen) atoms. The Hall–Kier alpha value is -1.31. The van der Waals surface area contributed by atoms with Crippen LogP contribution in [0.2, 0.25) is 5.15 Å². The van der Waals surface area contributed by atoms with E-state index in [0.29, 0.717) is 54.6 Å². The van der Waals surface area contributed by atoms with Gasteiger partial charge in [0.25, 0.3) is 0 Å². The Balaban J connectivity index is 0.00000210. The van der Waals surface area contributed by atoms with Crippen LogP contribution in [-0.4, -0.2) is 53.6 Å². The molecule has 2 N–H and O–H groups in total. The fraction of sp³-hybridized carbons (Fsp3) is 0.722. The maximum absolute atomic E-state index is 12.6. The van der Waals surface area contributed by atoms with E-state index in [-0.39, 0.29) is 30.3 Å². The van der Waals surface area contributed by atoms with Crippen LogP contribution < -0.4 is 10.6 Å². The van der Waals surface area contributed by atoms with Gasteiger partial charge in [-0.1, -0.05) is 16.8 Å². The molecule has 0 unspecified atom stereocenters. The lowest BCUT2D eigenvalue weighted by atomic mass is 9.72. The molecule has 3 aliphatic heterocycles. The van der Waals surface area contributed by atoms with E-state index in [1.807, 2.05) is 0 Å². The summed E-state index contributed by atoms with van der Waals surface area (Å²) in [6, 6.07) is 2.06. The van der Waals surface area contributed by atoms with Crippen molar-refractivity contribution < 1.29 is 14.1 Å². The average Bonchev–Trinajstić information content (AvgIpc) is 3.06. The SMILES string of the molecule is Cl.O=C(CCc1cc(Cl)no1)NC[C@H]1[C@@H]2CNC[C@@H](C2)[C@@H]2CCCC(=O)N21. The zero-order chi connectivity index (χ0) is 18.1. The maximum Gasteiger partial charge on any atom is 0.223 e. The maximum atomic E-state index is 12.6. The van der Waals surface area contributed by atoms with Gasteiger partial charge < -0.3 is 20.1 Å². The summed E-state index contributed by atoms with van der Waals surface area (Å²) >= 11 is 5.72. The van der Waals surface area contributed by atoms with Gasteiger partial charge in [0, 0.05) is 44.5 Å². The number of piperidine rings is 3. The number of halogens is 2. The van der Waals surface area contributed by atoms with Crippen molar-refractivity contribution in [2.75, 3.05) is 19.6 Å². The van der Waals surface area contributed by atoms with Crippen molar-refractivity contribution in [3.05, 3.63) is 17.0 Å². The van der Waals surface area contributed by atoms with E-state index < -0.39 is 0 Å². The smallest absolute Gasteiger partial charge is 0.223 e. The Morgan fingerprint density at radius 2 is 2.22 bits per heavy atom. The molecule has 4 atom stereocenters. The average molecular weight is 417 g/mol. The minimum atomic E-state index is -0.0376. The normalized spacial score (nSPS) is 29.7. The Kier molecular flexibility index (Phi) is 6.65. The molecule has 4 heterocycles. The van der Waals surface area contributed by atoms with Gasteiger partial charge in [0.05, 0.1) is 6.04 Å². The number of amides is 2. The van der Waals surface area contributed by atoms with Gasteiger partial charge in [-0.05, 0) is 37.6 Å². The quantitative estimate of drug-likeness (QED) is 0.763. The first kappa shape index (κ1) is 20.4. The predicted molar refractivity (Wildman–Crippen MR) is 103 cm³/mol. The minimum absolute atomic E-state index is 0. The van der Waals surface area contributed by atoms with Crippen molar-refractivity contribution >= 4 is 35.8 Å². The van der Waals surface area contributed by atoms with Crippen LogP contribution in [0.1, 0.15) is 37.9 Å². The van der Waals surface area contributed by atoms with Gasteiger partial charge in [-0.25, -0.2) is 0 Å². The highest BCUT2D eigenvalue weighted by Crippen LogP contribution is 2.39. The molecular formula is C18H26Cl2N4O3. The van der Waals surface area contributed by atoms with Gasteiger partial charge in [0.2, 0.25) is 11.8 Å². The molecule has 3 saturated heterocycles. The summed E-state index contributed by atoms with van der Waals surface area (Å²) in [5, 5.41) is 10.5. The first-order chi connectivity index (χ1) is 12.6. The summed E-state index contributed by atoms with van der Waals surface area (Å²) in [4.78, 5) is 27.0. The summed E-state index contributed by atoms with van der Waals surface area (Å²) in [5.74, 6) is 1.80. The first-order valence-electron chi connectivity index (χ1n) is 9.51. The van der Waals surface area contributed by atoms with E-state index in [0.717, 1.165) is 32.4 Å². The topological polar surface area (TPSA) is 87.5 Å². The van der Waals surface area contributed by atoms with E-state index in [1.54, 1.807) is 6.07 Å². The third kappa shape index (κ3) is 4.41. The monoisotopic (exact) mass is 416 g/mol. The molecule has 0 aromatic carbocycles. The van der Waals surface area contributed by atoms with Crippen LogP contribution in [-0.2, 0) is 16.0 Å². The predicted octanol–water partition coefficient (Wildman–Crippen LogP) is 1.79. The second-order valence-corrected chi connectivity index (χ2v) is 8.05. The van der Waals surface area contributed by atoms with Crippen LogP contribution in [0.15, 0.2) is 10.6 Å². The number of hydrogen-bond donors (Lipinski definition) is 2. The second-order valence-electron chi connectivity index (χ2n) is 7.66. The third-order valence-corrected chi connectivity index (χ3v) is 6.22. The molecule has 1 aromatic rings. The molecule has 7 nitrogen and oxygen atoms in total. The molecule has 4 rings (SSSR count). The van der Waals surface area contributed by atoms with Crippen LogP contribution in [0.4, 0.5) is 0 Å². The number of fused-ring (bicyclic) bond motifs is 4. The van der Waals surface area contributed by atoms with E-state index in [2.05, 4.69) is 20.7 Å². The summed E-state index contributed by atoms with van der Waals surface area (Å²) in [6.45, 7) is 2.45. The molecule has 0 radical (unpaired) electrons. The lowest BCUT2D eigenvalue weighted by molar-refractivity contribution is -0.149. The fourth-order valence-corrected chi connectivity index (χ4v) is 5.00.